The number of hydrogen-bond acceptors (Lipinski definition) is 5. The molecule has 1 amide bonds. The number of carbonyl (C=O) groups excluding carboxylic acids is 1. The van der Waals surface area contributed by atoms with Crippen molar-refractivity contribution < 1.29 is 22.7 Å². The van der Waals surface area contributed by atoms with Crippen LogP contribution in [0.25, 0.3) is 0 Å². The van der Waals surface area contributed by atoms with Crippen molar-refractivity contribution in [1.29, 1.82) is 0 Å². The number of hydrogen-bond donors (Lipinski definition) is 1. The molecule has 0 aliphatic rings. The SMILES string of the molecule is CCN(CC(=O)Nc1ccccc1Oc1ccccc1)S(=O)(=O)c1ccc(OC)cc1. The van der Waals surface area contributed by atoms with Crippen LogP contribution in [-0.4, -0.2) is 38.8 Å². The summed E-state index contributed by atoms with van der Waals surface area (Å²) in [6.07, 6.45) is 0. The average Bonchev–Trinajstić information content (AvgIpc) is 2.79. The lowest BCUT2D eigenvalue weighted by atomic mass is 10.3. The molecule has 0 saturated heterocycles. The number of sulfonamides is 1. The number of benzene rings is 3. The van der Waals surface area contributed by atoms with E-state index in [1.54, 1.807) is 55.5 Å². The Morgan fingerprint density at radius 1 is 0.903 bits per heavy atom. The molecule has 0 aliphatic heterocycles. The number of rotatable bonds is 9. The van der Waals surface area contributed by atoms with Crippen LogP contribution in [0, 0.1) is 0 Å². The fraction of sp³-hybridized carbons (Fsp3) is 0.174. The van der Waals surface area contributed by atoms with Gasteiger partial charge in [-0.25, -0.2) is 8.42 Å². The zero-order valence-electron chi connectivity index (χ0n) is 17.3. The largest absolute Gasteiger partial charge is 0.497 e. The molecule has 0 spiro atoms. The van der Waals surface area contributed by atoms with Crippen LogP contribution in [0.3, 0.4) is 0 Å². The van der Waals surface area contributed by atoms with Gasteiger partial charge in [-0.05, 0) is 48.5 Å². The van der Waals surface area contributed by atoms with Crippen LogP contribution >= 0.6 is 0 Å². The molecule has 1 N–H and O–H groups in total. The summed E-state index contributed by atoms with van der Waals surface area (Å²) in [6.45, 7) is 1.50. The molecule has 3 aromatic rings. The van der Waals surface area contributed by atoms with Gasteiger partial charge < -0.3 is 14.8 Å². The number of nitrogens with one attached hydrogen (secondary N) is 1. The topological polar surface area (TPSA) is 84.9 Å². The van der Waals surface area contributed by atoms with Gasteiger partial charge in [0.2, 0.25) is 15.9 Å². The van der Waals surface area contributed by atoms with Crippen molar-refractivity contribution >= 4 is 21.6 Å². The highest BCUT2D eigenvalue weighted by Crippen LogP contribution is 2.29. The second-order valence-electron chi connectivity index (χ2n) is 6.57. The summed E-state index contributed by atoms with van der Waals surface area (Å²) < 4.78 is 37.9. The summed E-state index contributed by atoms with van der Waals surface area (Å²) in [5, 5.41) is 2.75. The summed E-state index contributed by atoms with van der Waals surface area (Å²) >= 11 is 0. The van der Waals surface area contributed by atoms with Gasteiger partial charge in [0.05, 0.1) is 24.2 Å². The quantitative estimate of drug-likeness (QED) is 0.541. The van der Waals surface area contributed by atoms with E-state index in [0.29, 0.717) is 22.9 Å². The lowest BCUT2D eigenvalue weighted by molar-refractivity contribution is -0.116. The van der Waals surface area contributed by atoms with Gasteiger partial charge in [0.1, 0.15) is 11.5 Å². The lowest BCUT2D eigenvalue weighted by Gasteiger charge is -2.20. The van der Waals surface area contributed by atoms with Gasteiger partial charge in [-0.2, -0.15) is 4.31 Å². The molecule has 0 unspecified atom stereocenters. The smallest absolute Gasteiger partial charge is 0.243 e. The minimum absolute atomic E-state index is 0.0933. The third-order valence-electron chi connectivity index (χ3n) is 4.50. The average molecular weight is 441 g/mol. The van der Waals surface area contributed by atoms with Crippen LogP contribution in [0.5, 0.6) is 17.2 Å². The second-order valence-corrected chi connectivity index (χ2v) is 8.50. The zero-order valence-corrected chi connectivity index (χ0v) is 18.1. The predicted octanol–water partition coefficient (Wildman–Crippen LogP) is 4.14. The zero-order chi connectivity index (χ0) is 22.3. The van der Waals surface area contributed by atoms with Crippen LogP contribution in [0.2, 0.25) is 0 Å². The van der Waals surface area contributed by atoms with E-state index in [0.717, 1.165) is 4.31 Å². The first-order chi connectivity index (χ1) is 14.9. The molecule has 162 valence electrons. The number of nitrogens with zero attached hydrogens (tertiary/aromatic N) is 1. The Bertz CT molecular complexity index is 1120. The van der Waals surface area contributed by atoms with Crippen molar-refractivity contribution in [2.24, 2.45) is 0 Å². The van der Waals surface area contributed by atoms with Crippen molar-refractivity contribution in [1.82, 2.24) is 4.31 Å². The maximum atomic E-state index is 12.9. The molecule has 0 atom stereocenters. The summed E-state index contributed by atoms with van der Waals surface area (Å²) in [7, 11) is -2.33. The van der Waals surface area contributed by atoms with E-state index in [-0.39, 0.29) is 18.0 Å². The summed E-state index contributed by atoms with van der Waals surface area (Å²) in [5.41, 5.74) is 0.453. The molecule has 0 saturated carbocycles. The molecule has 31 heavy (non-hydrogen) atoms. The number of para-hydroxylation sites is 3. The minimum Gasteiger partial charge on any atom is -0.497 e. The molecule has 0 aromatic heterocycles. The third kappa shape index (κ3) is 5.62. The Balaban J connectivity index is 1.73. The first kappa shape index (κ1) is 22.3. The van der Waals surface area contributed by atoms with E-state index >= 15 is 0 Å². The van der Waals surface area contributed by atoms with E-state index in [4.69, 9.17) is 9.47 Å². The number of anilines is 1. The van der Waals surface area contributed by atoms with Gasteiger partial charge in [0.25, 0.3) is 0 Å². The predicted molar refractivity (Wildman–Crippen MR) is 119 cm³/mol. The molecule has 0 bridgehead atoms. The number of likely N-dealkylation sites (N-methyl/N-ethyl adjacent to an activating group) is 1. The molecular formula is C23H24N2O5S. The van der Waals surface area contributed by atoms with Crippen LogP contribution in [-0.2, 0) is 14.8 Å². The van der Waals surface area contributed by atoms with E-state index in [2.05, 4.69) is 5.32 Å². The number of methoxy groups -OCH3 is 1. The van der Waals surface area contributed by atoms with E-state index in [1.165, 1.54) is 19.2 Å². The lowest BCUT2D eigenvalue weighted by Crippen LogP contribution is -2.37. The number of ether oxygens (including phenoxy) is 2. The van der Waals surface area contributed by atoms with E-state index in [1.807, 2.05) is 18.2 Å². The van der Waals surface area contributed by atoms with Gasteiger partial charge in [-0.15, -0.1) is 0 Å². The van der Waals surface area contributed by atoms with Crippen LogP contribution in [0.1, 0.15) is 6.92 Å². The molecule has 7 nitrogen and oxygen atoms in total. The number of carbonyl (C=O) groups is 1. The van der Waals surface area contributed by atoms with Gasteiger partial charge in [-0.3, -0.25) is 4.79 Å². The first-order valence-corrected chi connectivity index (χ1v) is 11.1. The summed E-state index contributed by atoms with van der Waals surface area (Å²) in [5.74, 6) is 1.17. The minimum atomic E-state index is -3.84. The van der Waals surface area contributed by atoms with Crippen molar-refractivity contribution in [2.75, 3.05) is 25.5 Å². The molecule has 0 radical (unpaired) electrons. The van der Waals surface area contributed by atoms with Crippen molar-refractivity contribution in [3.8, 4) is 17.2 Å². The Morgan fingerprint density at radius 3 is 2.19 bits per heavy atom. The molecule has 0 fully saturated rings. The van der Waals surface area contributed by atoms with E-state index < -0.39 is 15.9 Å². The van der Waals surface area contributed by atoms with Gasteiger partial charge in [0.15, 0.2) is 5.75 Å². The Labute approximate surface area is 182 Å². The Morgan fingerprint density at radius 2 is 1.55 bits per heavy atom. The monoisotopic (exact) mass is 440 g/mol. The summed E-state index contributed by atoms with van der Waals surface area (Å²) in [6, 6.07) is 22.2. The first-order valence-electron chi connectivity index (χ1n) is 9.70. The second kappa shape index (κ2) is 10.1. The Kier molecular flexibility index (Phi) is 7.28. The maximum absolute atomic E-state index is 12.9. The maximum Gasteiger partial charge on any atom is 0.243 e. The standard InChI is InChI=1S/C23H24N2O5S/c1-3-25(31(27,28)20-15-13-18(29-2)14-16-20)17-23(26)24-21-11-7-8-12-22(21)30-19-9-5-4-6-10-19/h4-16H,3,17H2,1-2H3,(H,24,26). The fourth-order valence-electron chi connectivity index (χ4n) is 2.89. The third-order valence-corrected chi connectivity index (χ3v) is 6.44. The van der Waals surface area contributed by atoms with Crippen LogP contribution in [0.4, 0.5) is 5.69 Å². The molecule has 0 aliphatic carbocycles. The molecular weight excluding hydrogens is 416 g/mol. The van der Waals surface area contributed by atoms with Crippen LogP contribution in [0.15, 0.2) is 83.8 Å². The molecule has 3 rings (SSSR count). The van der Waals surface area contributed by atoms with Crippen LogP contribution < -0.4 is 14.8 Å². The Hall–Kier alpha value is -3.36. The van der Waals surface area contributed by atoms with Crippen molar-refractivity contribution in [3.63, 3.8) is 0 Å². The fourth-order valence-corrected chi connectivity index (χ4v) is 4.29. The summed E-state index contributed by atoms with van der Waals surface area (Å²) in [4.78, 5) is 12.8. The normalized spacial score (nSPS) is 11.2. The highest BCUT2D eigenvalue weighted by Gasteiger charge is 2.25. The molecule has 0 heterocycles. The highest BCUT2D eigenvalue weighted by molar-refractivity contribution is 7.89. The van der Waals surface area contributed by atoms with Crippen molar-refractivity contribution in [3.05, 3.63) is 78.9 Å². The van der Waals surface area contributed by atoms with Gasteiger partial charge in [0, 0.05) is 6.54 Å². The number of amides is 1. The van der Waals surface area contributed by atoms with Crippen molar-refractivity contribution in [2.45, 2.75) is 11.8 Å². The van der Waals surface area contributed by atoms with E-state index in [9.17, 15) is 13.2 Å². The molecule has 3 aromatic carbocycles. The highest BCUT2D eigenvalue weighted by atomic mass is 32.2. The van der Waals surface area contributed by atoms with Gasteiger partial charge >= 0.3 is 0 Å². The van der Waals surface area contributed by atoms with Gasteiger partial charge in [-0.1, -0.05) is 37.3 Å². The molecule has 8 heteroatoms.